The molecule has 0 aliphatic heterocycles. The van der Waals surface area contributed by atoms with E-state index in [1.807, 2.05) is 42.5 Å². The van der Waals surface area contributed by atoms with Crippen LogP contribution < -0.4 is 14.2 Å². The van der Waals surface area contributed by atoms with Gasteiger partial charge in [-0.15, -0.1) is 0 Å². The number of fused-ring (bicyclic) bond motifs is 1. The zero-order valence-corrected chi connectivity index (χ0v) is 13.9. The SMILES string of the molecule is COc1ccc(OC)c(-c2cc(CO)c3cc(OC)ccc3n2)c1. The third-order valence-corrected chi connectivity index (χ3v) is 3.95. The maximum atomic E-state index is 9.77. The average molecular weight is 325 g/mol. The Labute approximate surface area is 140 Å². The van der Waals surface area contributed by atoms with Gasteiger partial charge in [-0.3, -0.25) is 0 Å². The first kappa shape index (κ1) is 16.1. The Kier molecular flexibility index (Phi) is 4.53. The first-order valence-corrected chi connectivity index (χ1v) is 7.51. The Hall–Kier alpha value is -2.79. The molecule has 3 rings (SSSR count). The number of hydrogen-bond donors (Lipinski definition) is 1. The molecule has 0 atom stereocenters. The molecule has 0 radical (unpaired) electrons. The molecule has 5 heteroatoms. The fourth-order valence-electron chi connectivity index (χ4n) is 2.68. The molecule has 0 aliphatic carbocycles. The van der Waals surface area contributed by atoms with Gasteiger partial charge in [-0.25, -0.2) is 4.98 Å². The highest BCUT2D eigenvalue weighted by molar-refractivity contribution is 5.87. The number of aliphatic hydroxyl groups excluding tert-OH is 1. The lowest BCUT2D eigenvalue weighted by molar-refractivity contribution is 0.283. The summed E-state index contributed by atoms with van der Waals surface area (Å²) in [6.45, 7) is -0.0918. The normalized spacial score (nSPS) is 10.7. The van der Waals surface area contributed by atoms with Gasteiger partial charge in [0.1, 0.15) is 17.2 Å². The van der Waals surface area contributed by atoms with Gasteiger partial charge in [-0.05, 0) is 48.0 Å². The molecule has 2 aromatic carbocycles. The van der Waals surface area contributed by atoms with Crippen molar-refractivity contribution in [1.82, 2.24) is 4.98 Å². The van der Waals surface area contributed by atoms with Crippen LogP contribution in [0.5, 0.6) is 17.2 Å². The van der Waals surface area contributed by atoms with E-state index < -0.39 is 0 Å². The summed E-state index contributed by atoms with van der Waals surface area (Å²) in [7, 11) is 4.84. The second-order valence-corrected chi connectivity index (χ2v) is 5.27. The second kappa shape index (κ2) is 6.76. The minimum absolute atomic E-state index is 0.0918. The number of hydrogen-bond acceptors (Lipinski definition) is 5. The molecule has 1 N–H and O–H groups in total. The lowest BCUT2D eigenvalue weighted by Crippen LogP contribution is -1.96. The van der Waals surface area contributed by atoms with Crippen molar-refractivity contribution >= 4 is 10.9 Å². The number of nitrogens with zero attached hydrogens (tertiary/aromatic N) is 1. The molecule has 0 unspecified atom stereocenters. The van der Waals surface area contributed by atoms with Gasteiger partial charge in [-0.1, -0.05) is 0 Å². The van der Waals surface area contributed by atoms with Crippen LogP contribution in [0.1, 0.15) is 5.56 Å². The summed E-state index contributed by atoms with van der Waals surface area (Å²) < 4.78 is 16.0. The Morgan fingerprint density at radius 1 is 0.875 bits per heavy atom. The van der Waals surface area contributed by atoms with Crippen molar-refractivity contribution in [2.45, 2.75) is 6.61 Å². The molecule has 5 nitrogen and oxygen atoms in total. The van der Waals surface area contributed by atoms with Crippen LogP contribution in [0.25, 0.3) is 22.2 Å². The van der Waals surface area contributed by atoms with Crippen molar-refractivity contribution in [3.8, 4) is 28.5 Å². The fourth-order valence-corrected chi connectivity index (χ4v) is 2.68. The quantitative estimate of drug-likeness (QED) is 0.779. The molecule has 0 aliphatic rings. The smallest absolute Gasteiger partial charge is 0.128 e. The minimum atomic E-state index is -0.0918. The number of methoxy groups -OCH3 is 3. The number of benzene rings is 2. The summed E-state index contributed by atoms with van der Waals surface area (Å²) in [5.74, 6) is 2.14. The van der Waals surface area contributed by atoms with Crippen LogP contribution in [0.2, 0.25) is 0 Å². The van der Waals surface area contributed by atoms with Gasteiger partial charge in [0.2, 0.25) is 0 Å². The molecular weight excluding hydrogens is 306 g/mol. The van der Waals surface area contributed by atoms with Crippen LogP contribution in [-0.4, -0.2) is 31.4 Å². The van der Waals surface area contributed by atoms with Gasteiger partial charge in [-0.2, -0.15) is 0 Å². The monoisotopic (exact) mass is 325 g/mol. The van der Waals surface area contributed by atoms with Gasteiger partial charge in [0.25, 0.3) is 0 Å². The van der Waals surface area contributed by atoms with Crippen molar-refractivity contribution in [3.63, 3.8) is 0 Å². The Morgan fingerprint density at radius 2 is 1.58 bits per heavy atom. The molecule has 3 aromatic rings. The van der Waals surface area contributed by atoms with Crippen LogP contribution in [0.15, 0.2) is 42.5 Å². The molecule has 124 valence electrons. The summed E-state index contributed by atoms with van der Waals surface area (Å²) in [6.07, 6.45) is 0. The van der Waals surface area contributed by atoms with Crippen LogP contribution in [-0.2, 0) is 6.61 Å². The zero-order valence-electron chi connectivity index (χ0n) is 13.9. The van der Waals surface area contributed by atoms with E-state index >= 15 is 0 Å². The second-order valence-electron chi connectivity index (χ2n) is 5.27. The van der Waals surface area contributed by atoms with E-state index in [1.54, 1.807) is 21.3 Å². The van der Waals surface area contributed by atoms with E-state index in [1.165, 1.54) is 0 Å². The molecule has 0 spiro atoms. The number of aromatic nitrogens is 1. The van der Waals surface area contributed by atoms with E-state index in [4.69, 9.17) is 19.2 Å². The lowest BCUT2D eigenvalue weighted by atomic mass is 10.0. The van der Waals surface area contributed by atoms with E-state index in [2.05, 4.69) is 0 Å². The lowest BCUT2D eigenvalue weighted by Gasteiger charge is -2.13. The highest BCUT2D eigenvalue weighted by atomic mass is 16.5. The maximum Gasteiger partial charge on any atom is 0.128 e. The summed E-state index contributed by atoms with van der Waals surface area (Å²) in [6, 6.07) is 13.0. The Bertz CT molecular complexity index is 877. The van der Waals surface area contributed by atoms with Crippen LogP contribution >= 0.6 is 0 Å². The number of pyridine rings is 1. The average Bonchev–Trinajstić information content (AvgIpc) is 2.65. The van der Waals surface area contributed by atoms with Gasteiger partial charge < -0.3 is 19.3 Å². The summed E-state index contributed by atoms with van der Waals surface area (Å²) >= 11 is 0. The van der Waals surface area contributed by atoms with Gasteiger partial charge in [0.05, 0.1) is 39.1 Å². The topological polar surface area (TPSA) is 60.8 Å². The zero-order chi connectivity index (χ0) is 17.1. The van der Waals surface area contributed by atoms with Crippen molar-refractivity contribution in [2.24, 2.45) is 0 Å². The largest absolute Gasteiger partial charge is 0.497 e. The van der Waals surface area contributed by atoms with Crippen LogP contribution in [0.4, 0.5) is 0 Å². The van der Waals surface area contributed by atoms with Crippen molar-refractivity contribution in [1.29, 1.82) is 0 Å². The Balaban J connectivity index is 2.24. The molecule has 24 heavy (non-hydrogen) atoms. The third kappa shape index (κ3) is 2.86. The van der Waals surface area contributed by atoms with Crippen molar-refractivity contribution in [3.05, 3.63) is 48.0 Å². The summed E-state index contributed by atoms with van der Waals surface area (Å²) in [5.41, 5.74) is 3.08. The molecular formula is C19H19NO4. The van der Waals surface area contributed by atoms with Crippen LogP contribution in [0, 0.1) is 0 Å². The molecule has 0 fully saturated rings. The first-order valence-electron chi connectivity index (χ1n) is 7.51. The van der Waals surface area contributed by atoms with Crippen molar-refractivity contribution < 1.29 is 19.3 Å². The van der Waals surface area contributed by atoms with E-state index in [-0.39, 0.29) is 6.61 Å². The molecule has 0 amide bonds. The van der Waals surface area contributed by atoms with Crippen molar-refractivity contribution in [2.75, 3.05) is 21.3 Å². The van der Waals surface area contributed by atoms with Gasteiger partial charge in [0, 0.05) is 10.9 Å². The standard InChI is InChI=1S/C19H19NO4/c1-22-13-4-6-17-15(9-13)12(11-21)8-18(20-17)16-10-14(23-2)5-7-19(16)24-3/h4-10,21H,11H2,1-3H3. The first-order chi connectivity index (χ1) is 11.7. The molecule has 1 heterocycles. The van der Waals surface area contributed by atoms with E-state index in [0.29, 0.717) is 17.2 Å². The predicted molar refractivity (Wildman–Crippen MR) is 92.8 cm³/mol. The molecule has 0 saturated heterocycles. The maximum absolute atomic E-state index is 9.77. The number of ether oxygens (including phenoxy) is 3. The highest BCUT2D eigenvalue weighted by Gasteiger charge is 2.13. The Morgan fingerprint density at radius 3 is 2.25 bits per heavy atom. The van der Waals surface area contributed by atoms with E-state index in [0.717, 1.165) is 27.8 Å². The molecule has 0 saturated carbocycles. The van der Waals surface area contributed by atoms with E-state index in [9.17, 15) is 5.11 Å². The number of aliphatic hydroxyl groups is 1. The summed E-state index contributed by atoms with van der Waals surface area (Å²) in [5, 5.41) is 10.6. The molecule has 0 bridgehead atoms. The number of rotatable bonds is 5. The third-order valence-electron chi connectivity index (χ3n) is 3.95. The fraction of sp³-hybridized carbons (Fsp3) is 0.211. The highest BCUT2D eigenvalue weighted by Crippen LogP contribution is 2.35. The van der Waals surface area contributed by atoms with Gasteiger partial charge >= 0.3 is 0 Å². The predicted octanol–water partition coefficient (Wildman–Crippen LogP) is 3.42. The van der Waals surface area contributed by atoms with Gasteiger partial charge in [0.15, 0.2) is 0 Å². The van der Waals surface area contributed by atoms with Crippen LogP contribution in [0.3, 0.4) is 0 Å². The molecule has 1 aromatic heterocycles. The summed E-state index contributed by atoms with van der Waals surface area (Å²) in [4.78, 5) is 4.71. The minimum Gasteiger partial charge on any atom is -0.497 e.